The number of benzene rings is 1. The molecule has 0 saturated heterocycles. The lowest BCUT2D eigenvalue weighted by Gasteiger charge is -2.09. The van der Waals surface area contributed by atoms with Crippen molar-refractivity contribution in [1.82, 2.24) is 15.1 Å². The van der Waals surface area contributed by atoms with E-state index in [9.17, 15) is 9.90 Å². The highest BCUT2D eigenvalue weighted by atomic mass is 79.9. The largest absolute Gasteiger partial charge is 0.389 e. The van der Waals surface area contributed by atoms with Gasteiger partial charge >= 0.3 is 0 Å². The van der Waals surface area contributed by atoms with Crippen LogP contribution in [0.15, 0.2) is 34.9 Å². The third-order valence-corrected chi connectivity index (χ3v) is 3.43. The minimum atomic E-state index is -0.539. The third-order valence-electron chi connectivity index (χ3n) is 2.75. The molecule has 0 radical (unpaired) electrons. The number of halogens is 1. The van der Waals surface area contributed by atoms with Crippen LogP contribution in [-0.4, -0.2) is 27.8 Å². The molecular formula is C13H14BrN3O2. The topological polar surface area (TPSA) is 67.2 Å². The molecule has 0 saturated carbocycles. The molecule has 1 heterocycles. The summed E-state index contributed by atoms with van der Waals surface area (Å²) in [6.45, 7) is 1.71. The molecule has 0 spiro atoms. The van der Waals surface area contributed by atoms with E-state index in [1.54, 1.807) is 30.9 Å². The van der Waals surface area contributed by atoms with Crippen molar-refractivity contribution in [2.45, 2.75) is 13.0 Å². The molecule has 0 aliphatic heterocycles. The molecule has 0 aliphatic carbocycles. The fourth-order valence-electron chi connectivity index (χ4n) is 1.71. The van der Waals surface area contributed by atoms with Crippen LogP contribution in [0.5, 0.6) is 0 Å². The predicted molar refractivity (Wildman–Crippen MR) is 75.3 cm³/mol. The number of aliphatic hydroxyl groups is 1. The zero-order valence-corrected chi connectivity index (χ0v) is 12.2. The Bertz CT molecular complexity index is 608. The first-order valence-corrected chi connectivity index (χ1v) is 6.58. The summed E-state index contributed by atoms with van der Waals surface area (Å²) in [5.41, 5.74) is 1.98. The summed E-state index contributed by atoms with van der Waals surface area (Å²) >= 11 is 3.41. The second kappa shape index (κ2) is 5.54. The number of carbonyl (C=O) groups excluding carboxylic acids is 1. The summed E-state index contributed by atoms with van der Waals surface area (Å²) < 4.78 is 2.42. The lowest BCUT2D eigenvalue weighted by Crippen LogP contribution is -2.18. The van der Waals surface area contributed by atoms with Crippen molar-refractivity contribution in [3.63, 3.8) is 0 Å². The normalized spacial score (nSPS) is 12.2. The van der Waals surface area contributed by atoms with Crippen molar-refractivity contribution in [1.29, 1.82) is 0 Å². The molecule has 100 valence electrons. The van der Waals surface area contributed by atoms with Crippen molar-refractivity contribution in [3.05, 3.63) is 46.2 Å². The van der Waals surface area contributed by atoms with E-state index in [1.807, 2.05) is 18.2 Å². The summed E-state index contributed by atoms with van der Waals surface area (Å²) in [6.07, 6.45) is 1.18. The van der Waals surface area contributed by atoms with Gasteiger partial charge in [-0.15, -0.1) is 0 Å². The first-order valence-electron chi connectivity index (χ1n) is 5.78. The van der Waals surface area contributed by atoms with E-state index < -0.39 is 6.10 Å². The van der Waals surface area contributed by atoms with Crippen LogP contribution in [0.3, 0.4) is 0 Å². The van der Waals surface area contributed by atoms with Crippen molar-refractivity contribution < 1.29 is 9.90 Å². The molecule has 2 rings (SSSR count). The lowest BCUT2D eigenvalue weighted by atomic mass is 10.1. The standard InChI is InChI=1S/C13H14BrN3O2/c1-8(18)10-4-3-9(7-11(10)14)17-6-5-12(16-17)13(19)15-2/h3-8,18H,1-2H3,(H,15,19)/t8-/m1/s1. The van der Waals surface area contributed by atoms with Gasteiger partial charge in [0.05, 0.1) is 11.8 Å². The molecule has 1 atom stereocenters. The van der Waals surface area contributed by atoms with Crippen LogP contribution in [0.2, 0.25) is 0 Å². The molecule has 0 aliphatic rings. The molecule has 1 aromatic heterocycles. The monoisotopic (exact) mass is 323 g/mol. The average molecular weight is 324 g/mol. The summed E-state index contributed by atoms with van der Waals surface area (Å²) in [5.74, 6) is -0.224. The van der Waals surface area contributed by atoms with Gasteiger partial charge in [0.1, 0.15) is 0 Å². The predicted octanol–water partition coefficient (Wildman–Crippen LogP) is 2.05. The number of aromatic nitrogens is 2. The number of amides is 1. The molecule has 0 bridgehead atoms. The number of carbonyl (C=O) groups is 1. The van der Waals surface area contributed by atoms with Crippen LogP contribution >= 0.6 is 15.9 Å². The maximum Gasteiger partial charge on any atom is 0.271 e. The number of hydrogen-bond acceptors (Lipinski definition) is 3. The van der Waals surface area contributed by atoms with Crippen molar-refractivity contribution in [2.24, 2.45) is 0 Å². The Labute approximate surface area is 119 Å². The highest BCUT2D eigenvalue weighted by Crippen LogP contribution is 2.25. The highest BCUT2D eigenvalue weighted by Gasteiger charge is 2.10. The van der Waals surface area contributed by atoms with Crippen LogP contribution in [0.25, 0.3) is 5.69 Å². The van der Waals surface area contributed by atoms with E-state index in [0.717, 1.165) is 15.7 Å². The lowest BCUT2D eigenvalue weighted by molar-refractivity contribution is 0.0957. The Hall–Kier alpha value is -1.66. The Morgan fingerprint density at radius 2 is 2.21 bits per heavy atom. The smallest absolute Gasteiger partial charge is 0.271 e. The Morgan fingerprint density at radius 3 is 2.79 bits per heavy atom. The third kappa shape index (κ3) is 2.85. The van der Waals surface area contributed by atoms with E-state index in [1.165, 1.54) is 0 Å². The Morgan fingerprint density at radius 1 is 1.47 bits per heavy atom. The first-order chi connectivity index (χ1) is 9.02. The maximum absolute atomic E-state index is 11.4. The van der Waals surface area contributed by atoms with Gasteiger partial charge in [0.25, 0.3) is 5.91 Å². The average Bonchev–Trinajstić information content (AvgIpc) is 2.86. The summed E-state index contributed by atoms with van der Waals surface area (Å²) in [7, 11) is 1.56. The number of hydrogen-bond donors (Lipinski definition) is 2. The highest BCUT2D eigenvalue weighted by molar-refractivity contribution is 9.10. The molecule has 0 unspecified atom stereocenters. The fraction of sp³-hybridized carbons (Fsp3) is 0.231. The van der Waals surface area contributed by atoms with Crippen molar-refractivity contribution in [3.8, 4) is 5.69 Å². The molecule has 2 N–H and O–H groups in total. The molecule has 1 aromatic carbocycles. The Balaban J connectivity index is 2.35. The zero-order chi connectivity index (χ0) is 14.0. The van der Waals surface area contributed by atoms with E-state index in [2.05, 4.69) is 26.3 Å². The van der Waals surface area contributed by atoms with Crippen LogP contribution in [0.1, 0.15) is 29.1 Å². The molecule has 5 nitrogen and oxygen atoms in total. The van der Waals surface area contributed by atoms with E-state index in [0.29, 0.717) is 5.69 Å². The van der Waals surface area contributed by atoms with Crippen LogP contribution < -0.4 is 5.32 Å². The first kappa shape index (κ1) is 13.8. The SMILES string of the molecule is CNC(=O)c1ccn(-c2ccc([C@@H](C)O)c(Br)c2)n1. The fourth-order valence-corrected chi connectivity index (χ4v) is 2.41. The zero-order valence-electron chi connectivity index (χ0n) is 10.6. The van der Waals surface area contributed by atoms with Gasteiger partial charge in [-0.25, -0.2) is 4.68 Å². The number of rotatable bonds is 3. The van der Waals surface area contributed by atoms with Crippen LogP contribution in [0, 0.1) is 0 Å². The van der Waals surface area contributed by atoms with E-state index >= 15 is 0 Å². The second-order valence-electron chi connectivity index (χ2n) is 4.11. The quantitative estimate of drug-likeness (QED) is 0.908. The molecule has 2 aromatic rings. The Kier molecular flexibility index (Phi) is 4.01. The summed E-state index contributed by atoms with van der Waals surface area (Å²) in [6, 6.07) is 7.16. The van der Waals surface area contributed by atoms with Gasteiger partial charge in [-0.2, -0.15) is 5.10 Å². The van der Waals surface area contributed by atoms with Gasteiger partial charge in [-0.05, 0) is 30.7 Å². The van der Waals surface area contributed by atoms with Crippen molar-refractivity contribution in [2.75, 3.05) is 7.05 Å². The van der Waals surface area contributed by atoms with Gasteiger partial charge in [-0.1, -0.05) is 22.0 Å². The summed E-state index contributed by atoms with van der Waals surface area (Å²) in [4.78, 5) is 11.4. The van der Waals surface area contributed by atoms with Gasteiger partial charge < -0.3 is 10.4 Å². The number of aliphatic hydroxyl groups excluding tert-OH is 1. The molecule has 0 fully saturated rings. The molecule has 1 amide bonds. The van der Waals surface area contributed by atoms with Crippen LogP contribution in [0.4, 0.5) is 0 Å². The minimum Gasteiger partial charge on any atom is -0.389 e. The number of nitrogens with one attached hydrogen (secondary N) is 1. The van der Waals surface area contributed by atoms with Crippen LogP contribution in [-0.2, 0) is 0 Å². The van der Waals surface area contributed by atoms with E-state index in [4.69, 9.17) is 0 Å². The number of nitrogens with zero attached hydrogens (tertiary/aromatic N) is 2. The molecular weight excluding hydrogens is 310 g/mol. The van der Waals surface area contributed by atoms with Gasteiger partial charge in [-0.3, -0.25) is 4.79 Å². The molecule has 6 heteroatoms. The summed E-state index contributed by atoms with van der Waals surface area (Å²) in [5, 5.41) is 16.3. The van der Waals surface area contributed by atoms with Gasteiger partial charge in [0, 0.05) is 17.7 Å². The van der Waals surface area contributed by atoms with Crippen molar-refractivity contribution >= 4 is 21.8 Å². The van der Waals surface area contributed by atoms with Gasteiger partial charge in [0.15, 0.2) is 5.69 Å². The van der Waals surface area contributed by atoms with E-state index in [-0.39, 0.29) is 5.91 Å². The second-order valence-corrected chi connectivity index (χ2v) is 4.96. The van der Waals surface area contributed by atoms with Gasteiger partial charge in [0.2, 0.25) is 0 Å². The minimum absolute atomic E-state index is 0.224. The molecule has 19 heavy (non-hydrogen) atoms. The maximum atomic E-state index is 11.4.